The highest BCUT2D eigenvalue weighted by Crippen LogP contribution is 2.21. The average molecular weight is 446 g/mol. The molecule has 0 spiro atoms. The number of ether oxygens (including phenoxy) is 1. The summed E-state index contributed by atoms with van der Waals surface area (Å²) in [6.07, 6.45) is 3.65. The summed E-state index contributed by atoms with van der Waals surface area (Å²) in [6.45, 7) is 4.41. The number of nitrogens with zero attached hydrogens (tertiary/aromatic N) is 6. The molecular weight excluding hydrogens is 418 g/mol. The monoisotopic (exact) mass is 445 g/mol. The number of aromatic nitrogens is 5. The molecule has 0 amide bonds. The van der Waals surface area contributed by atoms with E-state index < -0.39 is 0 Å². The zero-order valence-electron chi connectivity index (χ0n) is 18.8. The van der Waals surface area contributed by atoms with E-state index in [4.69, 9.17) is 9.72 Å². The van der Waals surface area contributed by atoms with Crippen molar-refractivity contribution in [2.45, 2.75) is 32.4 Å². The van der Waals surface area contributed by atoms with Gasteiger partial charge in [-0.15, -0.1) is 0 Å². The van der Waals surface area contributed by atoms with Gasteiger partial charge in [0.25, 0.3) is 5.56 Å². The van der Waals surface area contributed by atoms with Gasteiger partial charge in [0, 0.05) is 37.6 Å². The van der Waals surface area contributed by atoms with Gasteiger partial charge in [0.2, 0.25) is 11.8 Å². The number of likely N-dealkylation sites (tertiary alicyclic amines) is 1. The predicted molar refractivity (Wildman–Crippen MR) is 127 cm³/mol. The minimum atomic E-state index is -0.151. The van der Waals surface area contributed by atoms with Gasteiger partial charge in [0.05, 0.1) is 0 Å². The summed E-state index contributed by atoms with van der Waals surface area (Å²) in [7, 11) is 2.12. The summed E-state index contributed by atoms with van der Waals surface area (Å²) in [5.74, 6) is 1.55. The average Bonchev–Trinajstić information content (AvgIpc) is 3.12. The Morgan fingerprint density at radius 1 is 1.06 bits per heavy atom. The second-order valence-corrected chi connectivity index (χ2v) is 8.21. The molecule has 0 radical (unpaired) electrons. The molecule has 1 aromatic carbocycles. The van der Waals surface area contributed by atoms with Crippen molar-refractivity contribution in [3.05, 3.63) is 65.1 Å². The van der Waals surface area contributed by atoms with Crippen LogP contribution < -0.4 is 15.6 Å². The summed E-state index contributed by atoms with van der Waals surface area (Å²) in [5.41, 5.74) is 1.22. The van der Waals surface area contributed by atoms with Gasteiger partial charge in [-0.05, 0) is 45.0 Å². The standard InChI is InChI=1S/C24H27N7O2/c1-3-30-23(32)19-16-25-24(26-17-8-5-4-6-9-17)28-22(19)31(30)20-10-7-11-21(27-20)33-18-12-14-29(2)15-13-18/h4-11,16,18H,3,12-15H2,1-2H3,(H,25,26,28). The van der Waals surface area contributed by atoms with Crippen molar-refractivity contribution in [3.8, 4) is 11.7 Å². The zero-order valence-corrected chi connectivity index (χ0v) is 18.8. The third-order valence-corrected chi connectivity index (χ3v) is 5.88. The highest BCUT2D eigenvalue weighted by Gasteiger charge is 2.20. The predicted octanol–water partition coefficient (Wildman–Crippen LogP) is 3.21. The molecule has 9 nitrogen and oxygen atoms in total. The van der Waals surface area contributed by atoms with Crippen LogP contribution in [0.25, 0.3) is 16.9 Å². The maximum atomic E-state index is 13.0. The van der Waals surface area contributed by atoms with Crippen LogP contribution in [-0.2, 0) is 6.54 Å². The van der Waals surface area contributed by atoms with Crippen LogP contribution in [0.5, 0.6) is 5.88 Å². The van der Waals surface area contributed by atoms with Crippen LogP contribution in [0.1, 0.15) is 19.8 Å². The van der Waals surface area contributed by atoms with Crippen LogP contribution in [0.3, 0.4) is 0 Å². The van der Waals surface area contributed by atoms with Gasteiger partial charge in [-0.25, -0.2) is 14.3 Å². The molecule has 5 rings (SSSR count). The summed E-state index contributed by atoms with van der Waals surface area (Å²) < 4.78 is 9.54. The fourth-order valence-electron chi connectivity index (χ4n) is 4.12. The highest BCUT2D eigenvalue weighted by molar-refractivity contribution is 5.77. The number of hydrogen-bond donors (Lipinski definition) is 1. The van der Waals surface area contributed by atoms with Crippen molar-refractivity contribution in [3.63, 3.8) is 0 Å². The van der Waals surface area contributed by atoms with E-state index in [1.165, 1.54) is 0 Å². The first-order valence-corrected chi connectivity index (χ1v) is 11.3. The molecule has 0 bridgehead atoms. The van der Waals surface area contributed by atoms with E-state index >= 15 is 0 Å². The van der Waals surface area contributed by atoms with Crippen molar-refractivity contribution in [2.24, 2.45) is 0 Å². The topological polar surface area (TPSA) is 90.1 Å². The number of benzene rings is 1. The molecule has 33 heavy (non-hydrogen) atoms. The molecule has 1 aliphatic heterocycles. The van der Waals surface area contributed by atoms with Gasteiger partial charge in [0.1, 0.15) is 11.5 Å². The van der Waals surface area contributed by atoms with Gasteiger partial charge in [0.15, 0.2) is 11.5 Å². The molecule has 4 heterocycles. The highest BCUT2D eigenvalue weighted by atomic mass is 16.5. The quantitative estimate of drug-likeness (QED) is 0.487. The fraction of sp³-hybridized carbons (Fsp3) is 0.333. The normalized spacial score (nSPS) is 15.1. The van der Waals surface area contributed by atoms with E-state index in [9.17, 15) is 4.79 Å². The van der Waals surface area contributed by atoms with E-state index in [2.05, 4.69) is 27.2 Å². The Balaban J connectivity index is 1.52. The van der Waals surface area contributed by atoms with Gasteiger partial charge in [-0.1, -0.05) is 24.3 Å². The molecule has 9 heteroatoms. The van der Waals surface area contributed by atoms with Crippen molar-refractivity contribution in [1.29, 1.82) is 0 Å². The third-order valence-electron chi connectivity index (χ3n) is 5.88. The number of pyridine rings is 1. The minimum absolute atomic E-state index is 0.141. The summed E-state index contributed by atoms with van der Waals surface area (Å²) in [5, 5.41) is 3.64. The van der Waals surface area contributed by atoms with Crippen LogP contribution in [0.2, 0.25) is 0 Å². The first-order chi connectivity index (χ1) is 16.1. The molecule has 1 saturated heterocycles. The Hall–Kier alpha value is -3.72. The van der Waals surface area contributed by atoms with Crippen molar-refractivity contribution < 1.29 is 4.74 Å². The number of para-hydroxylation sites is 1. The fourth-order valence-corrected chi connectivity index (χ4v) is 4.12. The summed E-state index contributed by atoms with van der Waals surface area (Å²) in [4.78, 5) is 29.1. The lowest BCUT2D eigenvalue weighted by molar-refractivity contribution is 0.110. The van der Waals surface area contributed by atoms with Gasteiger partial charge < -0.3 is 15.0 Å². The third kappa shape index (κ3) is 4.31. The SMILES string of the molecule is CCn1c(=O)c2cnc(Nc3ccccc3)nc2n1-c1cccc(OC2CCN(C)CC2)n1. The van der Waals surface area contributed by atoms with E-state index in [0.29, 0.717) is 35.2 Å². The van der Waals surface area contributed by atoms with Crippen molar-refractivity contribution in [2.75, 3.05) is 25.5 Å². The first kappa shape index (κ1) is 21.1. The van der Waals surface area contributed by atoms with Crippen LogP contribution in [-0.4, -0.2) is 55.5 Å². The smallest absolute Gasteiger partial charge is 0.278 e. The Bertz CT molecular complexity index is 1310. The molecule has 1 N–H and O–H groups in total. The molecule has 1 aliphatic rings. The lowest BCUT2D eigenvalue weighted by Crippen LogP contribution is -2.35. The minimum Gasteiger partial charge on any atom is -0.474 e. The largest absolute Gasteiger partial charge is 0.474 e. The van der Waals surface area contributed by atoms with Crippen LogP contribution in [0.15, 0.2) is 59.5 Å². The zero-order chi connectivity index (χ0) is 22.8. The molecular formula is C24H27N7O2. The molecule has 0 atom stereocenters. The number of piperidine rings is 1. The number of hydrogen-bond acceptors (Lipinski definition) is 7. The van der Waals surface area contributed by atoms with E-state index in [0.717, 1.165) is 31.6 Å². The summed E-state index contributed by atoms with van der Waals surface area (Å²) in [6, 6.07) is 15.3. The number of rotatable bonds is 6. The van der Waals surface area contributed by atoms with E-state index in [-0.39, 0.29) is 11.7 Å². The van der Waals surface area contributed by atoms with Crippen LogP contribution in [0.4, 0.5) is 11.6 Å². The Kier molecular flexibility index (Phi) is 5.78. The Morgan fingerprint density at radius 2 is 1.85 bits per heavy atom. The number of nitrogens with one attached hydrogen (secondary N) is 1. The molecule has 3 aromatic heterocycles. The molecule has 1 fully saturated rings. The molecule has 170 valence electrons. The summed E-state index contributed by atoms with van der Waals surface area (Å²) >= 11 is 0. The van der Waals surface area contributed by atoms with Gasteiger partial charge in [-0.3, -0.25) is 4.79 Å². The Labute approximate surface area is 191 Å². The molecule has 0 aliphatic carbocycles. The second-order valence-electron chi connectivity index (χ2n) is 8.21. The van der Waals surface area contributed by atoms with Crippen molar-refractivity contribution in [1.82, 2.24) is 29.2 Å². The van der Waals surface area contributed by atoms with Crippen LogP contribution >= 0.6 is 0 Å². The second kappa shape index (κ2) is 9.03. The van der Waals surface area contributed by atoms with Crippen molar-refractivity contribution >= 4 is 22.7 Å². The lowest BCUT2D eigenvalue weighted by Gasteiger charge is -2.29. The van der Waals surface area contributed by atoms with Gasteiger partial charge in [-0.2, -0.15) is 9.97 Å². The first-order valence-electron chi connectivity index (χ1n) is 11.3. The molecule has 0 unspecified atom stereocenters. The van der Waals surface area contributed by atoms with E-state index in [1.54, 1.807) is 15.6 Å². The number of fused-ring (bicyclic) bond motifs is 1. The maximum Gasteiger partial charge on any atom is 0.278 e. The van der Waals surface area contributed by atoms with Crippen LogP contribution in [0, 0.1) is 0 Å². The lowest BCUT2D eigenvalue weighted by atomic mass is 10.1. The molecule has 4 aromatic rings. The van der Waals surface area contributed by atoms with E-state index in [1.807, 2.05) is 55.5 Å². The number of anilines is 2. The Morgan fingerprint density at radius 3 is 2.61 bits per heavy atom. The maximum absolute atomic E-state index is 13.0. The van der Waals surface area contributed by atoms with Gasteiger partial charge >= 0.3 is 0 Å². The molecule has 0 saturated carbocycles.